The van der Waals surface area contributed by atoms with E-state index < -0.39 is 33.3 Å². The Morgan fingerprint density at radius 2 is 2.03 bits per heavy atom. The molecule has 0 amide bonds. The van der Waals surface area contributed by atoms with Crippen LogP contribution >= 0.6 is 15.9 Å². The standard InChI is InChI=1S/C17H14BrF3N2O6S/c1-9(28-30(25,26)17(19,20)21)16(15(24)27-2)7-14(23-29-16)10-3-4-13-11(5-10)6-12(18)8-22-13/h3-6,8-9H,7H2,1-2H3. The number of aromatic nitrogens is 1. The zero-order valence-corrected chi connectivity index (χ0v) is 17.8. The summed E-state index contributed by atoms with van der Waals surface area (Å²) in [7, 11) is -5.00. The molecule has 1 aliphatic rings. The number of hydrogen-bond acceptors (Lipinski definition) is 8. The quantitative estimate of drug-likeness (QED) is 0.345. The SMILES string of the molecule is COC(=O)C1(C(C)OS(=O)(=O)C(F)(F)F)CC(c2ccc3ncc(Br)cc3c2)=NO1. The Labute approximate surface area is 177 Å². The van der Waals surface area contributed by atoms with Crippen LogP contribution < -0.4 is 0 Å². The molecule has 0 saturated carbocycles. The lowest BCUT2D eigenvalue weighted by atomic mass is 9.89. The van der Waals surface area contributed by atoms with Gasteiger partial charge in [-0.25, -0.2) is 4.79 Å². The predicted molar refractivity (Wildman–Crippen MR) is 102 cm³/mol. The first-order valence-corrected chi connectivity index (χ1v) is 10.5. The molecular weight excluding hydrogens is 497 g/mol. The van der Waals surface area contributed by atoms with E-state index in [-0.39, 0.29) is 12.1 Å². The first-order chi connectivity index (χ1) is 13.9. The zero-order valence-electron chi connectivity index (χ0n) is 15.4. The summed E-state index contributed by atoms with van der Waals surface area (Å²) in [6.07, 6.45) is -0.643. The number of carbonyl (C=O) groups excluding carboxylic acids is 1. The van der Waals surface area contributed by atoms with Gasteiger partial charge in [0.15, 0.2) is 0 Å². The number of rotatable bonds is 5. The zero-order chi connectivity index (χ0) is 22.3. The third kappa shape index (κ3) is 4.01. The molecule has 13 heteroatoms. The van der Waals surface area contributed by atoms with Crippen molar-refractivity contribution in [2.45, 2.75) is 30.6 Å². The fourth-order valence-electron chi connectivity index (χ4n) is 2.88. The number of esters is 1. The smallest absolute Gasteiger partial charge is 0.466 e. The maximum Gasteiger partial charge on any atom is 0.523 e. The highest BCUT2D eigenvalue weighted by Crippen LogP contribution is 2.36. The van der Waals surface area contributed by atoms with Crippen LogP contribution in [0.15, 0.2) is 40.1 Å². The summed E-state index contributed by atoms with van der Waals surface area (Å²) in [5.41, 5.74) is -6.51. The average molecular weight is 511 g/mol. The second kappa shape index (κ2) is 7.78. The second-order valence-corrected chi connectivity index (χ2v) is 8.87. The molecule has 3 rings (SSSR count). The van der Waals surface area contributed by atoms with E-state index in [2.05, 4.69) is 35.0 Å². The van der Waals surface area contributed by atoms with Gasteiger partial charge in [0, 0.05) is 21.6 Å². The summed E-state index contributed by atoms with van der Waals surface area (Å²) >= 11 is 3.31. The van der Waals surface area contributed by atoms with Gasteiger partial charge in [0.2, 0.25) is 0 Å². The van der Waals surface area contributed by atoms with Gasteiger partial charge in [-0.2, -0.15) is 21.6 Å². The van der Waals surface area contributed by atoms with E-state index in [1.54, 1.807) is 30.5 Å². The van der Waals surface area contributed by atoms with Crippen LogP contribution in [0.1, 0.15) is 18.9 Å². The Bertz CT molecular complexity index is 1140. The van der Waals surface area contributed by atoms with Crippen molar-refractivity contribution >= 4 is 48.6 Å². The average Bonchev–Trinajstić information content (AvgIpc) is 3.12. The third-order valence-corrected chi connectivity index (χ3v) is 6.01. The van der Waals surface area contributed by atoms with Gasteiger partial charge in [0.25, 0.3) is 5.60 Å². The van der Waals surface area contributed by atoms with Crippen molar-refractivity contribution in [2.75, 3.05) is 7.11 Å². The van der Waals surface area contributed by atoms with Gasteiger partial charge in [0.05, 0.1) is 24.8 Å². The number of alkyl halides is 3. The van der Waals surface area contributed by atoms with Crippen LogP contribution in [-0.4, -0.2) is 49.4 Å². The maximum absolute atomic E-state index is 12.7. The summed E-state index contributed by atoms with van der Waals surface area (Å²) in [4.78, 5) is 21.7. The van der Waals surface area contributed by atoms with Gasteiger partial charge in [-0.3, -0.25) is 9.17 Å². The minimum Gasteiger partial charge on any atom is -0.466 e. The van der Waals surface area contributed by atoms with Gasteiger partial charge < -0.3 is 9.57 Å². The Kier molecular flexibility index (Phi) is 5.82. The van der Waals surface area contributed by atoms with Crippen LogP contribution in [0.5, 0.6) is 0 Å². The van der Waals surface area contributed by atoms with Crippen molar-refractivity contribution in [1.82, 2.24) is 4.98 Å². The molecule has 0 spiro atoms. The lowest BCUT2D eigenvalue weighted by Gasteiger charge is -2.29. The molecule has 0 saturated heterocycles. The van der Waals surface area contributed by atoms with Gasteiger partial charge in [-0.15, -0.1) is 0 Å². The third-order valence-electron chi connectivity index (χ3n) is 4.47. The summed E-state index contributed by atoms with van der Waals surface area (Å²) in [6.45, 7) is 0.958. The molecule has 2 heterocycles. The first kappa shape index (κ1) is 22.4. The van der Waals surface area contributed by atoms with Gasteiger partial charge in [0.1, 0.15) is 6.10 Å². The molecule has 2 atom stereocenters. The van der Waals surface area contributed by atoms with Gasteiger partial charge >= 0.3 is 21.6 Å². The van der Waals surface area contributed by atoms with Crippen molar-refractivity contribution in [2.24, 2.45) is 5.16 Å². The van der Waals surface area contributed by atoms with Crippen LogP contribution in [-0.2, 0) is 28.7 Å². The number of ether oxygens (including phenoxy) is 1. The summed E-state index contributed by atoms with van der Waals surface area (Å²) < 4.78 is 70.5. The van der Waals surface area contributed by atoms with E-state index in [1.807, 2.05) is 0 Å². The molecule has 0 aliphatic carbocycles. The van der Waals surface area contributed by atoms with Crippen molar-refractivity contribution in [1.29, 1.82) is 0 Å². The van der Waals surface area contributed by atoms with Crippen LogP contribution in [0.2, 0.25) is 0 Å². The van der Waals surface area contributed by atoms with E-state index in [0.29, 0.717) is 11.1 Å². The largest absolute Gasteiger partial charge is 0.523 e. The number of nitrogens with zero attached hydrogens (tertiary/aromatic N) is 2. The van der Waals surface area contributed by atoms with Crippen molar-refractivity contribution in [3.8, 4) is 0 Å². The molecule has 1 aromatic heterocycles. The topological polar surface area (TPSA) is 104 Å². The molecule has 0 radical (unpaired) electrons. The number of hydrogen-bond donors (Lipinski definition) is 0. The minimum absolute atomic E-state index is 0.196. The van der Waals surface area contributed by atoms with Gasteiger partial charge in [-0.1, -0.05) is 11.2 Å². The molecule has 1 aromatic carbocycles. The summed E-state index contributed by atoms with van der Waals surface area (Å²) in [6, 6.07) is 6.81. The van der Waals surface area contributed by atoms with Gasteiger partial charge in [-0.05, 0) is 41.1 Å². The molecule has 0 fully saturated rings. The Morgan fingerprint density at radius 1 is 1.33 bits per heavy atom. The monoisotopic (exact) mass is 510 g/mol. The normalized spacial score (nSPS) is 20.5. The van der Waals surface area contributed by atoms with Crippen molar-refractivity contribution in [3.05, 3.63) is 40.5 Å². The Hall–Kier alpha value is -2.25. The van der Waals surface area contributed by atoms with Crippen LogP contribution in [0.25, 0.3) is 10.9 Å². The van der Waals surface area contributed by atoms with Crippen LogP contribution in [0.3, 0.4) is 0 Å². The van der Waals surface area contributed by atoms with Crippen molar-refractivity contribution < 1.29 is 40.1 Å². The van der Waals surface area contributed by atoms with Crippen LogP contribution in [0.4, 0.5) is 13.2 Å². The minimum atomic E-state index is -5.98. The Morgan fingerprint density at radius 3 is 2.67 bits per heavy atom. The molecule has 2 unspecified atom stereocenters. The van der Waals surface area contributed by atoms with E-state index in [9.17, 15) is 26.4 Å². The maximum atomic E-state index is 12.7. The molecule has 0 N–H and O–H groups in total. The number of carbonyl (C=O) groups is 1. The first-order valence-electron chi connectivity index (χ1n) is 8.28. The van der Waals surface area contributed by atoms with Crippen molar-refractivity contribution in [3.63, 3.8) is 0 Å². The number of fused-ring (bicyclic) bond motifs is 1. The molecule has 1 aliphatic heterocycles. The van der Waals surface area contributed by atoms with E-state index in [1.165, 1.54) is 0 Å². The number of benzene rings is 1. The van der Waals surface area contributed by atoms with E-state index >= 15 is 0 Å². The number of methoxy groups -OCH3 is 1. The molecule has 162 valence electrons. The van der Waals surface area contributed by atoms with Crippen LogP contribution in [0, 0.1) is 0 Å². The number of halogens is 4. The highest BCUT2D eigenvalue weighted by Gasteiger charge is 2.58. The lowest BCUT2D eigenvalue weighted by molar-refractivity contribution is -0.178. The van der Waals surface area contributed by atoms with E-state index in [0.717, 1.165) is 23.9 Å². The van der Waals surface area contributed by atoms with E-state index in [4.69, 9.17) is 4.84 Å². The number of oxime groups is 1. The Balaban J connectivity index is 1.93. The molecule has 8 nitrogen and oxygen atoms in total. The molecule has 2 aromatic rings. The second-order valence-electron chi connectivity index (χ2n) is 6.39. The molecule has 30 heavy (non-hydrogen) atoms. The highest BCUT2D eigenvalue weighted by atomic mass is 79.9. The molecular formula is C17H14BrF3N2O6S. The summed E-state index contributed by atoms with van der Waals surface area (Å²) in [5.74, 6) is -1.13. The molecule has 0 bridgehead atoms. The predicted octanol–water partition coefficient (Wildman–Crippen LogP) is 3.29. The fourth-order valence-corrected chi connectivity index (χ4v) is 3.87. The fraction of sp³-hybridized carbons (Fsp3) is 0.353. The number of pyridine rings is 1. The highest BCUT2D eigenvalue weighted by molar-refractivity contribution is 9.10. The summed E-state index contributed by atoms with van der Waals surface area (Å²) in [5, 5.41) is 4.52. The lowest BCUT2D eigenvalue weighted by Crippen LogP contribution is -2.52.